The normalized spacial score (nSPS) is 16.0. The molecule has 3 rings (SSSR count). The largest absolute Gasteiger partial charge is 0.325 e. The number of quaternary nitrogens is 1. The van der Waals surface area contributed by atoms with Crippen molar-refractivity contribution in [3.8, 4) is 0 Å². The van der Waals surface area contributed by atoms with Crippen LogP contribution in [0.25, 0.3) is 0 Å². The Morgan fingerprint density at radius 3 is 2.41 bits per heavy atom. The molecular formula is C22H30N3O3S+. The molecule has 156 valence electrons. The van der Waals surface area contributed by atoms with E-state index in [1.54, 1.807) is 10.4 Å². The van der Waals surface area contributed by atoms with Crippen molar-refractivity contribution < 1.29 is 18.1 Å². The molecule has 1 heterocycles. The number of hydrogen-bond acceptors (Lipinski definition) is 3. The summed E-state index contributed by atoms with van der Waals surface area (Å²) >= 11 is 0. The quantitative estimate of drug-likeness (QED) is 0.775. The van der Waals surface area contributed by atoms with Crippen molar-refractivity contribution in [3.63, 3.8) is 0 Å². The van der Waals surface area contributed by atoms with Crippen LogP contribution in [0.5, 0.6) is 0 Å². The predicted molar refractivity (Wildman–Crippen MR) is 115 cm³/mol. The molecule has 0 aromatic heterocycles. The Bertz CT molecular complexity index is 1010. The van der Waals surface area contributed by atoms with Gasteiger partial charge in [0.05, 0.1) is 31.1 Å². The number of carbonyl (C=O) groups excluding carboxylic acids is 1. The predicted octanol–water partition coefficient (Wildman–Crippen LogP) is 1.45. The van der Waals surface area contributed by atoms with E-state index >= 15 is 0 Å². The third-order valence-corrected chi connectivity index (χ3v) is 7.72. The van der Waals surface area contributed by atoms with Crippen LogP contribution in [-0.4, -0.2) is 51.4 Å². The molecule has 1 amide bonds. The molecular weight excluding hydrogens is 386 g/mol. The molecule has 0 spiro atoms. The van der Waals surface area contributed by atoms with Crippen molar-refractivity contribution in [2.75, 3.05) is 38.0 Å². The van der Waals surface area contributed by atoms with Gasteiger partial charge in [0.15, 0.2) is 6.54 Å². The summed E-state index contributed by atoms with van der Waals surface area (Å²) in [4.78, 5) is 13.9. The first kappa shape index (κ1) is 21.5. The summed E-state index contributed by atoms with van der Waals surface area (Å²) < 4.78 is 27.6. The third-order valence-electron chi connectivity index (χ3n) is 5.68. The fourth-order valence-corrected chi connectivity index (χ4v) is 5.40. The molecule has 7 heteroatoms. The fraction of sp³-hybridized carbons (Fsp3) is 0.409. The van der Waals surface area contributed by atoms with Crippen molar-refractivity contribution in [2.45, 2.75) is 32.6 Å². The summed E-state index contributed by atoms with van der Waals surface area (Å²) in [5.74, 6) is -0.0421. The number of hydrogen-bond donors (Lipinski definition) is 2. The van der Waals surface area contributed by atoms with E-state index in [1.165, 1.54) is 0 Å². The summed E-state index contributed by atoms with van der Waals surface area (Å²) in [6.45, 7) is 10.1. The smallest absolute Gasteiger partial charge is 0.279 e. The van der Waals surface area contributed by atoms with E-state index in [4.69, 9.17) is 0 Å². The van der Waals surface area contributed by atoms with Crippen LogP contribution >= 0.6 is 0 Å². The molecule has 2 aromatic carbocycles. The van der Waals surface area contributed by atoms with E-state index < -0.39 is 10.0 Å². The monoisotopic (exact) mass is 416 g/mol. The number of rotatable bonds is 5. The summed E-state index contributed by atoms with van der Waals surface area (Å²) in [6, 6.07) is 11.4. The maximum absolute atomic E-state index is 13.0. The van der Waals surface area contributed by atoms with Gasteiger partial charge in [-0.25, -0.2) is 8.42 Å². The van der Waals surface area contributed by atoms with Crippen molar-refractivity contribution in [1.29, 1.82) is 0 Å². The lowest BCUT2D eigenvalue weighted by Gasteiger charge is -2.31. The molecule has 1 saturated heterocycles. The Balaban J connectivity index is 1.59. The number of aryl methyl sites for hydroxylation is 3. The minimum absolute atomic E-state index is 0.0421. The first-order valence-electron chi connectivity index (χ1n) is 9.95. The first-order valence-corrected chi connectivity index (χ1v) is 11.4. The van der Waals surface area contributed by atoms with Gasteiger partial charge in [-0.3, -0.25) is 4.79 Å². The van der Waals surface area contributed by atoms with Crippen molar-refractivity contribution in [3.05, 3.63) is 58.7 Å². The lowest BCUT2D eigenvalue weighted by molar-refractivity contribution is -0.895. The van der Waals surface area contributed by atoms with Crippen LogP contribution in [0, 0.1) is 27.7 Å². The second-order valence-corrected chi connectivity index (χ2v) is 9.80. The van der Waals surface area contributed by atoms with Gasteiger partial charge in [-0.1, -0.05) is 24.3 Å². The van der Waals surface area contributed by atoms with E-state index in [2.05, 4.69) is 5.32 Å². The van der Waals surface area contributed by atoms with E-state index in [1.807, 2.05) is 58.0 Å². The first-order chi connectivity index (χ1) is 13.7. The second-order valence-electron chi connectivity index (χ2n) is 7.90. The third kappa shape index (κ3) is 4.86. The number of amides is 1. The van der Waals surface area contributed by atoms with Crippen LogP contribution in [0.15, 0.2) is 41.3 Å². The van der Waals surface area contributed by atoms with Crippen LogP contribution in [0.2, 0.25) is 0 Å². The number of nitrogens with one attached hydrogen (secondary N) is 2. The summed E-state index contributed by atoms with van der Waals surface area (Å²) in [5.41, 5.74) is 4.74. The molecule has 0 saturated carbocycles. The zero-order valence-corrected chi connectivity index (χ0v) is 18.4. The van der Waals surface area contributed by atoms with Crippen LogP contribution in [0.1, 0.15) is 22.3 Å². The standard InChI is InChI=1S/C22H29N3O3S/c1-16-8-9-18(3)21(14-16)29(27,28)25-12-10-24(11-13-25)15-22(26)23-20-7-5-6-17(2)19(20)4/h5-9,14H,10-13,15H2,1-4H3,(H,23,26)/p+1. The highest BCUT2D eigenvalue weighted by Gasteiger charge is 2.32. The highest BCUT2D eigenvalue weighted by atomic mass is 32.2. The molecule has 2 aromatic rings. The SMILES string of the molecule is Cc1ccc(C)c(S(=O)(=O)N2CC[NH+](CC(=O)Nc3cccc(C)c3C)CC2)c1. The Morgan fingerprint density at radius 2 is 1.72 bits per heavy atom. The Morgan fingerprint density at radius 1 is 1.03 bits per heavy atom. The average molecular weight is 417 g/mol. The lowest BCUT2D eigenvalue weighted by atomic mass is 10.1. The van der Waals surface area contributed by atoms with Gasteiger partial charge in [-0.15, -0.1) is 0 Å². The summed E-state index contributed by atoms with van der Waals surface area (Å²) in [7, 11) is -3.51. The van der Waals surface area contributed by atoms with Crippen molar-refractivity contribution in [2.24, 2.45) is 0 Å². The van der Waals surface area contributed by atoms with Gasteiger partial charge >= 0.3 is 0 Å². The second kappa shape index (κ2) is 8.65. The zero-order chi connectivity index (χ0) is 21.2. The van der Waals surface area contributed by atoms with Gasteiger partial charge in [0, 0.05) is 5.69 Å². The van der Waals surface area contributed by atoms with Gasteiger partial charge in [0.25, 0.3) is 5.91 Å². The Kier molecular flexibility index (Phi) is 6.41. The fourth-order valence-electron chi connectivity index (χ4n) is 3.65. The summed E-state index contributed by atoms with van der Waals surface area (Å²) in [6.07, 6.45) is 0. The molecule has 1 aliphatic rings. The van der Waals surface area contributed by atoms with E-state index in [0.717, 1.165) is 32.8 Å². The molecule has 2 N–H and O–H groups in total. The van der Waals surface area contributed by atoms with Crippen LogP contribution < -0.4 is 10.2 Å². The summed E-state index contributed by atoms with van der Waals surface area (Å²) in [5, 5.41) is 2.99. The molecule has 1 fully saturated rings. The van der Waals surface area contributed by atoms with Gasteiger partial charge in [-0.2, -0.15) is 4.31 Å². The topological polar surface area (TPSA) is 70.9 Å². The number of carbonyl (C=O) groups is 1. The molecule has 0 unspecified atom stereocenters. The Hall–Kier alpha value is -2.22. The minimum atomic E-state index is -3.51. The number of piperazine rings is 1. The van der Waals surface area contributed by atoms with E-state index in [-0.39, 0.29) is 5.91 Å². The van der Waals surface area contributed by atoms with Crippen LogP contribution in [0.4, 0.5) is 5.69 Å². The average Bonchev–Trinajstić information content (AvgIpc) is 2.67. The van der Waals surface area contributed by atoms with E-state index in [9.17, 15) is 13.2 Å². The molecule has 0 radical (unpaired) electrons. The molecule has 1 aliphatic heterocycles. The van der Waals surface area contributed by atoms with Crippen LogP contribution in [0.3, 0.4) is 0 Å². The van der Waals surface area contributed by atoms with Gasteiger partial charge in [0.1, 0.15) is 0 Å². The van der Waals surface area contributed by atoms with Crippen LogP contribution in [-0.2, 0) is 14.8 Å². The van der Waals surface area contributed by atoms with Gasteiger partial charge in [-0.05, 0) is 62.1 Å². The van der Waals surface area contributed by atoms with E-state index in [0.29, 0.717) is 37.6 Å². The number of nitrogens with zero attached hydrogens (tertiary/aromatic N) is 1. The lowest BCUT2D eigenvalue weighted by Crippen LogP contribution is -3.15. The highest BCUT2D eigenvalue weighted by Crippen LogP contribution is 2.21. The number of anilines is 1. The number of sulfonamides is 1. The number of benzene rings is 2. The van der Waals surface area contributed by atoms with Crippen molar-refractivity contribution in [1.82, 2.24) is 4.31 Å². The maximum Gasteiger partial charge on any atom is 0.279 e. The van der Waals surface area contributed by atoms with Gasteiger partial charge in [0.2, 0.25) is 10.0 Å². The molecule has 6 nitrogen and oxygen atoms in total. The minimum Gasteiger partial charge on any atom is -0.325 e. The highest BCUT2D eigenvalue weighted by molar-refractivity contribution is 7.89. The molecule has 0 aliphatic carbocycles. The molecule has 0 bridgehead atoms. The van der Waals surface area contributed by atoms with Gasteiger partial charge < -0.3 is 10.2 Å². The van der Waals surface area contributed by atoms with Crippen molar-refractivity contribution >= 4 is 21.6 Å². The molecule has 0 atom stereocenters. The maximum atomic E-state index is 13.0. The Labute approximate surface area is 173 Å². The zero-order valence-electron chi connectivity index (χ0n) is 17.6. The molecule has 29 heavy (non-hydrogen) atoms.